The van der Waals surface area contributed by atoms with Crippen LogP contribution in [0.2, 0.25) is 0 Å². The van der Waals surface area contributed by atoms with Crippen molar-refractivity contribution in [1.29, 1.82) is 0 Å². The average Bonchev–Trinajstić information content (AvgIpc) is 2.32. The summed E-state index contributed by atoms with van der Waals surface area (Å²) >= 11 is 0. The summed E-state index contributed by atoms with van der Waals surface area (Å²) in [6, 6.07) is 0. The Balaban J connectivity index is 2.11. The molecule has 0 aromatic rings. The predicted molar refractivity (Wildman–Crippen MR) is 45.9 cm³/mol. The highest BCUT2D eigenvalue weighted by molar-refractivity contribution is 5.14. The summed E-state index contributed by atoms with van der Waals surface area (Å²) in [7, 11) is 2.11. The zero-order valence-electron chi connectivity index (χ0n) is 6.88. The molecule has 2 heterocycles. The molecule has 0 saturated carbocycles. The van der Waals surface area contributed by atoms with Gasteiger partial charge < -0.3 is 4.90 Å². The van der Waals surface area contributed by atoms with E-state index in [-0.39, 0.29) is 0 Å². The molecule has 0 aromatic heterocycles. The molecule has 2 heteroatoms. The first-order valence-corrected chi connectivity index (χ1v) is 4.07. The van der Waals surface area contributed by atoms with Gasteiger partial charge in [0.25, 0.3) is 0 Å². The Bertz CT molecular complexity index is 208. The number of nitrogens with one attached hydrogen (secondary N) is 1. The van der Waals surface area contributed by atoms with Crippen molar-refractivity contribution in [2.45, 2.75) is 12.6 Å². The van der Waals surface area contributed by atoms with Gasteiger partial charge in [-0.05, 0) is 12.6 Å². The first-order valence-electron chi connectivity index (χ1n) is 4.07. The second-order valence-corrected chi connectivity index (χ2v) is 3.45. The van der Waals surface area contributed by atoms with Gasteiger partial charge in [-0.1, -0.05) is 18.2 Å². The summed E-state index contributed by atoms with van der Waals surface area (Å²) in [4.78, 5) is 2.23. The van der Waals surface area contributed by atoms with Gasteiger partial charge >= 0.3 is 0 Å². The van der Waals surface area contributed by atoms with Crippen LogP contribution in [0.1, 0.15) is 6.42 Å². The normalized spacial score (nSPS) is 36.1. The Morgan fingerprint density at radius 2 is 2.55 bits per heavy atom. The third-order valence-corrected chi connectivity index (χ3v) is 2.50. The maximum Gasteiger partial charge on any atom is 0.0856 e. The summed E-state index contributed by atoms with van der Waals surface area (Å²) < 4.78 is 0. The SMILES string of the molecule is C=C1CNC2C(C=CN2C)C1. The number of hydrogen-bond donors (Lipinski definition) is 1. The minimum Gasteiger partial charge on any atom is -0.365 e. The van der Waals surface area contributed by atoms with E-state index in [2.05, 4.69) is 36.1 Å². The largest absolute Gasteiger partial charge is 0.365 e. The molecule has 0 aliphatic carbocycles. The van der Waals surface area contributed by atoms with Crippen LogP contribution in [-0.4, -0.2) is 24.7 Å². The van der Waals surface area contributed by atoms with E-state index in [9.17, 15) is 0 Å². The zero-order valence-corrected chi connectivity index (χ0v) is 6.88. The van der Waals surface area contributed by atoms with Crippen LogP contribution in [0.15, 0.2) is 24.4 Å². The Morgan fingerprint density at radius 1 is 1.73 bits per heavy atom. The van der Waals surface area contributed by atoms with E-state index in [0.717, 1.165) is 13.0 Å². The van der Waals surface area contributed by atoms with Crippen molar-refractivity contribution in [3.63, 3.8) is 0 Å². The molecular formula is C9H14N2. The molecule has 1 N–H and O–H groups in total. The summed E-state index contributed by atoms with van der Waals surface area (Å²) in [6.45, 7) is 4.96. The minimum atomic E-state index is 0.528. The lowest BCUT2D eigenvalue weighted by atomic mass is 9.95. The molecule has 11 heavy (non-hydrogen) atoms. The van der Waals surface area contributed by atoms with Crippen molar-refractivity contribution >= 4 is 0 Å². The van der Waals surface area contributed by atoms with Crippen molar-refractivity contribution in [1.82, 2.24) is 10.2 Å². The van der Waals surface area contributed by atoms with Gasteiger partial charge in [-0.25, -0.2) is 0 Å². The molecule has 2 atom stereocenters. The number of nitrogens with zero attached hydrogens (tertiary/aromatic N) is 1. The van der Waals surface area contributed by atoms with E-state index < -0.39 is 0 Å². The fourth-order valence-corrected chi connectivity index (χ4v) is 1.88. The predicted octanol–water partition coefficient (Wildman–Crippen LogP) is 0.937. The molecule has 0 spiro atoms. The molecule has 2 aliphatic heterocycles. The number of hydrogen-bond acceptors (Lipinski definition) is 2. The third-order valence-electron chi connectivity index (χ3n) is 2.50. The van der Waals surface area contributed by atoms with Crippen LogP contribution in [0.5, 0.6) is 0 Å². The van der Waals surface area contributed by atoms with Gasteiger partial charge in [0.2, 0.25) is 0 Å². The first-order chi connectivity index (χ1) is 5.27. The van der Waals surface area contributed by atoms with Crippen molar-refractivity contribution in [2.24, 2.45) is 5.92 Å². The van der Waals surface area contributed by atoms with E-state index in [1.54, 1.807) is 0 Å². The van der Waals surface area contributed by atoms with Gasteiger partial charge in [0, 0.05) is 19.5 Å². The van der Waals surface area contributed by atoms with Crippen molar-refractivity contribution in [2.75, 3.05) is 13.6 Å². The second kappa shape index (κ2) is 2.38. The summed E-state index contributed by atoms with van der Waals surface area (Å²) in [5.41, 5.74) is 1.33. The number of rotatable bonds is 0. The highest BCUT2D eigenvalue weighted by Gasteiger charge is 2.29. The van der Waals surface area contributed by atoms with Gasteiger partial charge in [-0.3, -0.25) is 5.32 Å². The lowest BCUT2D eigenvalue weighted by molar-refractivity contribution is 0.232. The maximum absolute atomic E-state index is 3.98. The van der Waals surface area contributed by atoms with Gasteiger partial charge in [0.05, 0.1) is 6.17 Å². The minimum absolute atomic E-state index is 0.528. The van der Waals surface area contributed by atoms with Gasteiger partial charge in [-0.15, -0.1) is 0 Å². The van der Waals surface area contributed by atoms with Crippen LogP contribution in [0, 0.1) is 5.92 Å². The van der Waals surface area contributed by atoms with E-state index >= 15 is 0 Å². The van der Waals surface area contributed by atoms with Crippen LogP contribution in [0.25, 0.3) is 0 Å². The lowest BCUT2D eigenvalue weighted by Crippen LogP contribution is -2.46. The Kier molecular flexibility index (Phi) is 1.50. The Labute approximate surface area is 67.6 Å². The van der Waals surface area contributed by atoms with Crippen LogP contribution in [0.4, 0.5) is 0 Å². The van der Waals surface area contributed by atoms with Crippen LogP contribution < -0.4 is 5.32 Å². The monoisotopic (exact) mass is 150 g/mol. The molecule has 1 fully saturated rings. The Morgan fingerprint density at radius 3 is 3.36 bits per heavy atom. The van der Waals surface area contributed by atoms with E-state index in [4.69, 9.17) is 0 Å². The topological polar surface area (TPSA) is 15.3 Å². The van der Waals surface area contributed by atoms with Gasteiger partial charge in [0.15, 0.2) is 0 Å². The van der Waals surface area contributed by atoms with Crippen LogP contribution >= 0.6 is 0 Å². The highest BCUT2D eigenvalue weighted by Crippen LogP contribution is 2.27. The molecule has 0 amide bonds. The molecule has 2 rings (SSSR count). The number of fused-ring (bicyclic) bond motifs is 1. The molecule has 2 aliphatic rings. The van der Waals surface area contributed by atoms with Crippen molar-refractivity contribution in [3.8, 4) is 0 Å². The fraction of sp³-hybridized carbons (Fsp3) is 0.556. The van der Waals surface area contributed by atoms with Gasteiger partial charge in [-0.2, -0.15) is 0 Å². The number of piperidine rings is 1. The molecule has 1 saturated heterocycles. The zero-order chi connectivity index (χ0) is 7.84. The molecule has 60 valence electrons. The van der Waals surface area contributed by atoms with E-state index in [0.29, 0.717) is 12.1 Å². The standard InChI is InChI=1S/C9H14N2/c1-7-5-8-3-4-11(2)9(8)10-6-7/h3-4,8-10H,1,5-6H2,2H3. The molecule has 2 nitrogen and oxygen atoms in total. The Hall–Kier alpha value is -0.760. The average molecular weight is 150 g/mol. The summed E-state index contributed by atoms with van der Waals surface area (Å²) in [5, 5.41) is 3.44. The van der Waals surface area contributed by atoms with Crippen molar-refractivity contribution in [3.05, 3.63) is 24.4 Å². The van der Waals surface area contributed by atoms with E-state index in [1.807, 2.05) is 0 Å². The van der Waals surface area contributed by atoms with Crippen molar-refractivity contribution < 1.29 is 0 Å². The molecule has 0 radical (unpaired) electrons. The van der Waals surface area contributed by atoms with Crippen LogP contribution in [0.3, 0.4) is 0 Å². The first kappa shape index (κ1) is 6.92. The van der Waals surface area contributed by atoms with E-state index in [1.165, 1.54) is 5.57 Å². The molecule has 0 bridgehead atoms. The lowest BCUT2D eigenvalue weighted by Gasteiger charge is -2.32. The molecule has 2 unspecified atom stereocenters. The molecular weight excluding hydrogens is 136 g/mol. The summed E-state index contributed by atoms with van der Waals surface area (Å²) in [5.74, 6) is 0.654. The second-order valence-electron chi connectivity index (χ2n) is 3.45. The molecule has 0 aromatic carbocycles. The summed E-state index contributed by atoms with van der Waals surface area (Å²) in [6.07, 6.45) is 6.10. The quantitative estimate of drug-likeness (QED) is 0.517. The maximum atomic E-state index is 3.98. The fourth-order valence-electron chi connectivity index (χ4n) is 1.88. The van der Waals surface area contributed by atoms with Crippen LogP contribution in [-0.2, 0) is 0 Å². The smallest absolute Gasteiger partial charge is 0.0856 e. The third kappa shape index (κ3) is 1.07. The highest BCUT2D eigenvalue weighted by atomic mass is 15.3. The van der Waals surface area contributed by atoms with Gasteiger partial charge in [0.1, 0.15) is 0 Å².